The van der Waals surface area contributed by atoms with Gasteiger partial charge in [0.05, 0.1) is 19.8 Å². The number of carbonyl (C=O) groups excluding carboxylic acids is 1. The maximum atomic E-state index is 11.4. The smallest absolute Gasteiger partial charge is 0.229 e. The molecule has 0 spiro atoms. The molecule has 1 rings (SSSR count). The second-order valence-electron chi connectivity index (χ2n) is 4.94. The van der Waals surface area contributed by atoms with Crippen LogP contribution in [0.2, 0.25) is 0 Å². The first-order valence-corrected chi connectivity index (χ1v) is 7.60. The van der Waals surface area contributed by atoms with Gasteiger partial charge in [0.15, 0.2) is 0 Å². The lowest BCUT2D eigenvalue weighted by Gasteiger charge is -2.09. The van der Waals surface area contributed by atoms with Crippen LogP contribution in [-0.4, -0.2) is 32.2 Å². The van der Waals surface area contributed by atoms with Crippen LogP contribution in [0.1, 0.15) is 44.2 Å². The van der Waals surface area contributed by atoms with Gasteiger partial charge in [-0.3, -0.25) is 14.4 Å². The van der Waals surface area contributed by atoms with Crippen molar-refractivity contribution in [3.63, 3.8) is 0 Å². The Bertz CT molecular complexity index is 511. The van der Waals surface area contributed by atoms with Gasteiger partial charge in [0.2, 0.25) is 10.9 Å². The van der Waals surface area contributed by atoms with Crippen LogP contribution < -0.4 is 10.9 Å². The van der Waals surface area contributed by atoms with Crippen LogP contribution in [0.25, 0.3) is 0 Å². The van der Waals surface area contributed by atoms with Gasteiger partial charge in [-0.05, 0) is 19.3 Å². The highest BCUT2D eigenvalue weighted by Gasteiger charge is 2.17. The molecule has 0 aliphatic carbocycles. The van der Waals surface area contributed by atoms with Crippen LogP contribution >= 0.6 is 0 Å². The summed E-state index contributed by atoms with van der Waals surface area (Å²) in [6.45, 7) is 5.66. The summed E-state index contributed by atoms with van der Waals surface area (Å²) < 4.78 is 10.7. The normalized spacial score (nSPS) is 11.1. The quantitative estimate of drug-likeness (QED) is 0.428. The number of carbonyl (C=O) groups is 1. The fourth-order valence-corrected chi connectivity index (χ4v) is 2.16. The first-order chi connectivity index (χ1) is 10.1. The van der Waals surface area contributed by atoms with Crippen LogP contribution in [0.15, 0.2) is 9.59 Å². The Morgan fingerprint density at radius 2 is 1.52 bits per heavy atom. The van der Waals surface area contributed by atoms with Gasteiger partial charge in [-0.25, -0.2) is 0 Å². The van der Waals surface area contributed by atoms with Gasteiger partial charge in [-0.1, -0.05) is 13.8 Å². The third-order valence-corrected chi connectivity index (χ3v) is 3.48. The van der Waals surface area contributed by atoms with Crippen molar-refractivity contribution in [1.29, 1.82) is 0 Å². The predicted molar refractivity (Wildman–Crippen MR) is 80.6 cm³/mol. The van der Waals surface area contributed by atoms with Crippen LogP contribution in [0.3, 0.4) is 0 Å². The van der Waals surface area contributed by atoms with Crippen LogP contribution in [0.4, 0.5) is 0 Å². The molecule has 118 valence electrons. The zero-order valence-electron chi connectivity index (χ0n) is 12.9. The van der Waals surface area contributed by atoms with E-state index in [1.54, 1.807) is 0 Å². The molecule has 1 aromatic rings. The van der Waals surface area contributed by atoms with Gasteiger partial charge < -0.3 is 9.47 Å². The third-order valence-electron chi connectivity index (χ3n) is 3.48. The van der Waals surface area contributed by atoms with Crippen molar-refractivity contribution >= 4 is 5.78 Å². The van der Waals surface area contributed by atoms with E-state index in [1.165, 1.54) is 0 Å². The van der Waals surface area contributed by atoms with E-state index in [4.69, 9.17) is 9.47 Å². The largest absolute Gasteiger partial charge is 0.379 e. The Kier molecular flexibility index (Phi) is 8.08. The van der Waals surface area contributed by atoms with Crippen molar-refractivity contribution in [2.45, 2.75) is 46.0 Å². The maximum absolute atomic E-state index is 11.4. The fourth-order valence-electron chi connectivity index (χ4n) is 2.16. The minimum absolute atomic E-state index is 0.204. The molecular formula is C16H24O5. The molecule has 5 heteroatoms. The van der Waals surface area contributed by atoms with Crippen molar-refractivity contribution in [2.24, 2.45) is 0 Å². The Balaban J connectivity index is 2.00. The SMILES string of the molecule is CCC(=O)CCOCCOCCCc1c(CC)c(=O)c1=O. The van der Waals surface area contributed by atoms with Gasteiger partial charge in [0.25, 0.3) is 0 Å². The van der Waals surface area contributed by atoms with Crippen molar-refractivity contribution in [1.82, 2.24) is 0 Å². The van der Waals surface area contributed by atoms with E-state index in [0.29, 0.717) is 63.2 Å². The van der Waals surface area contributed by atoms with E-state index < -0.39 is 0 Å². The summed E-state index contributed by atoms with van der Waals surface area (Å²) in [6.07, 6.45) is 2.98. The monoisotopic (exact) mass is 296 g/mol. The Morgan fingerprint density at radius 1 is 0.905 bits per heavy atom. The Labute approximate surface area is 125 Å². The van der Waals surface area contributed by atoms with E-state index in [9.17, 15) is 14.4 Å². The number of hydrogen-bond donors (Lipinski definition) is 0. The summed E-state index contributed by atoms with van der Waals surface area (Å²) in [4.78, 5) is 33.6. The zero-order chi connectivity index (χ0) is 15.7. The van der Waals surface area contributed by atoms with Crippen molar-refractivity contribution < 1.29 is 14.3 Å². The highest BCUT2D eigenvalue weighted by Crippen LogP contribution is 2.05. The molecule has 0 saturated heterocycles. The molecule has 0 aromatic heterocycles. The van der Waals surface area contributed by atoms with Crippen molar-refractivity contribution in [3.8, 4) is 0 Å². The minimum atomic E-state index is -0.323. The van der Waals surface area contributed by atoms with E-state index in [1.807, 2.05) is 13.8 Å². The summed E-state index contributed by atoms with van der Waals surface area (Å²) in [5, 5.41) is 0. The van der Waals surface area contributed by atoms with Crippen molar-refractivity contribution in [2.75, 3.05) is 26.4 Å². The van der Waals surface area contributed by atoms with Gasteiger partial charge in [-0.2, -0.15) is 0 Å². The summed E-state index contributed by atoms with van der Waals surface area (Å²) in [7, 11) is 0. The number of ketones is 1. The molecule has 0 atom stereocenters. The van der Waals surface area contributed by atoms with E-state index in [2.05, 4.69) is 0 Å². The molecule has 21 heavy (non-hydrogen) atoms. The second-order valence-corrected chi connectivity index (χ2v) is 4.94. The number of Topliss-reactive ketones (excluding diaryl/α,β-unsaturated/α-hetero) is 1. The maximum Gasteiger partial charge on any atom is 0.229 e. The van der Waals surface area contributed by atoms with Crippen LogP contribution in [-0.2, 0) is 27.1 Å². The Hall–Kier alpha value is -1.33. The molecule has 0 radical (unpaired) electrons. The lowest BCUT2D eigenvalue weighted by atomic mass is 9.95. The van der Waals surface area contributed by atoms with Crippen LogP contribution in [0, 0.1) is 0 Å². The fraction of sp³-hybridized carbons (Fsp3) is 0.688. The average Bonchev–Trinajstić information content (AvgIpc) is 2.50. The molecule has 5 nitrogen and oxygen atoms in total. The molecule has 0 unspecified atom stereocenters. The van der Waals surface area contributed by atoms with Gasteiger partial charge in [-0.15, -0.1) is 0 Å². The van der Waals surface area contributed by atoms with E-state index >= 15 is 0 Å². The molecule has 0 aliphatic heterocycles. The number of ether oxygens (including phenoxy) is 2. The summed E-state index contributed by atoms with van der Waals surface area (Å²) >= 11 is 0. The van der Waals surface area contributed by atoms with Gasteiger partial charge >= 0.3 is 0 Å². The standard InChI is InChI=1S/C16H24O5/c1-3-12(17)7-9-21-11-10-20-8-5-6-14-13(4-2)15(18)16(14)19/h3-11H2,1-2H3. The lowest BCUT2D eigenvalue weighted by molar-refractivity contribution is -0.119. The molecule has 0 saturated carbocycles. The second kappa shape index (κ2) is 9.58. The number of hydrogen-bond acceptors (Lipinski definition) is 5. The predicted octanol–water partition coefficient (Wildman–Crippen LogP) is 1.18. The summed E-state index contributed by atoms with van der Waals surface area (Å²) in [6, 6.07) is 0. The van der Waals surface area contributed by atoms with Crippen molar-refractivity contribution in [3.05, 3.63) is 31.6 Å². The zero-order valence-corrected chi connectivity index (χ0v) is 12.9. The molecule has 0 heterocycles. The highest BCUT2D eigenvalue weighted by atomic mass is 16.5. The molecule has 0 N–H and O–H groups in total. The van der Waals surface area contributed by atoms with Gasteiger partial charge in [0.1, 0.15) is 5.78 Å². The molecular weight excluding hydrogens is 272 g/mol. The van der Waals surface area contributed by atoms with Gasteiger partial charge in [0, 0.05) is 30.6 Å². The molecule has 0 amide bonds. The van der Waals surface area contributed by atoms with E-state index in [0.717, 1.165) is 6.42 Å². The third kappa shape index (κ3) is 5.52. The average molecular weight is 296 g/mol. The molecule has 0 aliphatic rings. The highest BCUT2D eigenvalue weighted by molar-refractivity contribution is 5.78. The van der Waals surface area contributed by atoms with E-state index in [-0.39, 0.29) is 16.6 Å². The molecule has 1 aromatic carbocycles. The molecule has 0 bridgehead atoms. The topological polar surface area (TPSA) is 69.7 Å². The minimum Gasteiger partial charge on any atom is -0.379 e. The molecule has 0 fully saturated rings. The summed E-state index contributed by atoms with van der Waals surface area (Å²) in [5.74, 6) is 0.204. The first kappa shape index (κ1) is 17.7. The number of rotatable bonds is 12. The Morgan fingerprint density at radius 3 is 2.14 bits per heavy atom. The lowest BCUT2D eigenvalue weighted by Crippen LogP contribution is -2.39. The summed E-state index contributed by atoms with van der Waals surface area (Å²) in [5.41, 5.74) is 0.726. The first-order valence-electron chi connectivity index (χ1n) is 7.60. The van der Waals surface area contributed by atoms with Crippen LogP contribution in [0.5, 0.6) is 0 Å².